The molecule has 0 aliphatic heterocycles. The van der Waals surface area contributed by atoms with Crippen LogP contribution in [-0.2, 0) is 0 Å². The second-order valence-corrected chi connectivity index (χ2v) is 12.4. The third kappa shape index (κ3) is 3.90. The van der Waals surface area contributed by atoms with Gasteiger partial charge in [-0.25, -0.2) is 4.39 Å². The summed E-state index contributed by atoms with van der Waals surface area (Å²) in [5.74, 6) is 0.216. The van der Waals surface area contributed by atoms with Crippen LogP contribution in [0, 0.1) is 22.9 Å². The molecule has 4 nitrogen and oxygen atoms in total. The molecule has 0 fully saturated rings. The van der Waals surface area contributed by atoms with Crippen molar-refractivity contribution in [2.45, 2.75) is 45.8 Å². The number of non-ortho nitro benzene ring substituents is 1. The SMILES string of the molecule is Cc1c(O[Si](C)(C)C(C)(C)C)cccc1-c1cc([N+](=O)[O-])ccc1F. The van der Waals surface area contributed by atoms with E-state index in [-0.39, 0.29) is 16.3 Å². The maximum atomic E-state index is 14.3. The number of benzene rings is 2. The van der Waals surface area contributed by atoms with Gasteiger partial charge in [0.1, 0.15) is 11.6 Å². The van der Waals surface area contributed by atoms with Crippen LogP contribution in [0.5, 0.6) is 5.75 Å². The molecule has 6 heteroatoms. The van der Waals surface area contributed by atoms with E-state index in [2.05, 4.69) is 33.9 Å². The lowest BCUT2D eigenvalue weighted by Gasteiger charge is -2.37. The van der Waals surface area contributed by atoms with E-state index >= 15 is 0 Å². The van der Waals surface area contributed by atoms with Crippen molar-refractivity contribution in [3.8, 4) is 16.9 Å². The fourth-order valence-electron chi connectivity index (χ4n) is 2.28. The van der Waals surface area contributed by atoms with Gasteiger partial charge in [0.25, 0.3) is 5.69 Å². The van der Waals surface area contributed by atoms with Crippen molar-refractivity contribution >= 4 is 14.0 Å². The van der Waals surface area contributed by atoms with Crippen molar-refractivity contribution in [3.63, 3.8) is 0 Å². The van der Waals surface area contributed by atoms with Gasteiger partial charge >= 0.3 is 0 Å². The molecule has 0 aliphatic carbocycles. The molecule has 25 heavy (non-hydrogen) atoms. The summed E-state index contributed by atoms with van der Waals surface area (Å²) in [6.07, 6.45) is 0. The predicted octanol–water partition coefficient (Wildman–Crippen LogP) is 6.09. The van der Waals surface area contributed by atoms with Gasteiger partial charge in [0.15, 0.2) is 0 Å². The number of nitro benzene ring substituents is 1. The van der Waals surface area contributed by atoms with Crippen molar-refractivity contribution in [1.29, 1.82) is 0 Å². The minimum absolute atomic E-state index is 0.0340. The van der Waals surface area contributed by atoms with Crippen molar-refractivity contribution in [2.24, 2.45) is 0 Å². The number of nitro groups is 1. The molecule has 0 unspecified atom stereocenters. The Labute approximate surface area is 148 Å². The minimum Gasteiger partial charge on any atom is -0.543 e. The summed E-state index contributed by atoms with van der Waals surface area (Å²) in [5, 5.41) is 11.0. The van der Waals surface area contributed by atoms with Crippen LogP contribution in [0.15, 0.2) is 36.4 Å². The first-order chi connectivity index (χ1) is 11.4. The first kappa shape index (κ1) is 19.1. The van der Waals surface area contributed by atoms with Gasteiger partial charge in [-0.2, -0.15) is 0 Å². The van der Waals surface area contributed by atoms with E-state index in [1.165, 1.54) is 12.1 Å². The van der Waals surface area contributed by atoms with Crippen molar-refractivity contribution in [1.82, 2.24) is 0 Å². The maximum Gasteiger partial charge on any atom is 0.270 e. The summed E-state index contributed by atoms with van der Waals surface area (Å²) in [5.41, 5.74) is 1.48. The van der Waals surface area contributed by atoms with Gasteiger partial charge in [-0.15, -0.1) is 0 Å². The van der Waals surface area contributed by atoms with E-state index in [0.29, 0.717) is 11.3 Å². The summed E-state index contributed by atoms with van der Waals surface area (Å²) < 4.78 is 20.7. The molecule has 134 valence electrons. The lowest BCUT2D eigenvalue weighted by molar-refractivity contribution is -0.384. The fraction of sp³-hybridized carbons (Fsp3) is 0.368. The maximum absolute atomic E-state index is 14.3. The zero-order valence-electron chi connectivity index (χ0n) is 15.5. The number of hydrogen-bond acceptors (Lipinski definition) is 3. The summed E-state index contributed by atoms with van der Waals surface area (Å²) in [6, 6.07) is 9.00. The second kappa shape index (κ2) is 6.59. The Morgan fingerprint density at radius 3 is 2.32 bits per heavy atom. The molecule has 2 aromatic rings. The van der Waals surface area contributed by atoms with Gasteiger partial charge in [0, 0.05) is 17.7 Å². The Morgan fingerprint density at radius 2 is 1.76 bits per heavy atom. The Kier molecular flexibility index (Phi) is 5.04. The predicted molar refractivity (Wildman–Crippen MR) is 101 cm³/mol. The Hall–Kier alpha value is -2.21. The summed E-state index contributed by atoms with van der Waals surface area (Å²) >= 11 is 0. The summed E-state index contributed by atoms with van der Waals surface area (Å²) in [4.78, 5) is 10.5. The number of halogens is 1. The Bertz CT molecular complexity index is 813. The van der Waals surface area contributed by atoms with Crippen LogP contribution in [-0.4, -0.2) is 13.2 Å². The smallest absolute Gasteiger partial charge is 0.270 e. The quantitative estimate of drug-likeness (QED) is 0.376. The molecule has 0 heterocycles. The lowest BCUT2D eigenvalue weighted by Crippen LogP contribution is -2.44. The monoisotopic (exact) mass is 361 g/mol. The molecule has 0 atom stereocenters. The highest BCUT2D eigenvalue weighted by Crippen LogP contribution is 2.40. The van der Waals surface area contributed by atoms with Crippen LogP contribution in [0.3, 0.4) is 0 Å². The van der Waals surface area contributed by atoms with Crippen LogP contribution in [0.2, 0.25) is 18.1 Å². The molecule has 0 saturated heterocycles. The molecule has 0 radical (unpaired) electrons. The molecule has 2 aromatic carbocycles. The molecule has 0 amide bonds. The normalized spacial score (nSPS) is 12.1. The first-order valence-corrected chi connectivity index (χ1v) is 11.1. The molecular weight excluding hydrogens is 337 g/mol. The van der Waals surface area contributed by atoms with Gasteiger partial charge in [-0.1, -0.05) is 32.9 Å². The van der Waals surface area contributed by atoms with Crippen LogP contribution in [0.4, 0.5) is 10.1 Å². The van der Waals surface area contributed by atoms with Crippen molar-refractivity contribution in [2.75, 3.05) is 0 Å². The molecule has 0 spiro atoms. The average molecular weight is 361 g/mol. The van der Waals surface area contributed by atoms with Gasteiger partial charge in [-0.3, -0.25) is 10.1 Å². The van der Waals surface area contributed by atoms with Crippen LogP contribution < -0.4 is 4.43 Å². The fourth-order valence-corrected chi connectivity index (χ4v) is 3.36. The van der Waals surface area contributed by atoms with Gasteiger partial charge in [0.2, 0.25) is 8.32 Å². The third-order valence-electron chi connectivity index (χ3n) is 4.91. The highest BCUT2D eigenvalue weighted by Gasteiger charge is 2.39. The van der Waals surface area contributed by atoms with Crippen LogP contribution in [0.25, 0.3) is 11.1 Å². The van der Waals surface area contributed by atoms with Gasteiger partial charge in [0.05, 0.1) is 4.92 Å². The zero-order valence-corrected chi connectivity index (χ0v) is 16.5. The molecule has 0 saturated carbocycles. The van der Waals surface area contributed by atoms with E-state index in [1.54, 1.807) is 12.1 Å². The summed E-state index contributed by atoms with van der Waals surface area (Å²) in [6.45, 7) is 12.6. The van der Waals surface area contributed by atoms with E-state index in [4.69, 9.17) is 4.43 Å². The highest BCUT2D eigenvalue weighted by atomic mass is 28.4. The second-order valence-electron chi connectivity index (χ2n) is 7.71. The highest BCUT2D eigenvalue weighted by molar-refractivity contribution is 6.74. The molecule has 0 bridgehead atoms. The Balaban J connectivity index is 2.53. The van der Waals surface area contributed by atoms with E-state index in [1.807, 2.05) is 13.0 Å². The zero-order chi connectivity index (χ0) is 19.0. The molecule has 0 aliphatic rings. The number of hydrogen-bond donors (Lipinski definition) is 0. The largest absolute Gasteiger partial charge is 0.543 e. The molecular formula is C19H24FNO3Si. The van der Waals surface area contributed by atoms with Crippen molar-refractivity contribution in [3.05, 3.63) is 57.9 Å². The van der Waals surface area contributed by atoms with Crippen LogP contribution in [0.1, 0.15) is 26.3 Å². The van der Waals surface area contributed by atoms with Crippen LogP contribution >= 0.6 is 0 Å². The average Bonchev–Trinajstić information content (AvgIpc) is 2.48. The molecule has 0 aromatic heterocycles. The van der Waals surface area contributed by atoms with Gasteiger partial charge in [-0.05, 0) is 48.3 Å². The standard InChI is InChI=1S/C19H24FNO3Si/c1-13-15(16-12-14(21(22)23)10-11-17(16)20)8-7-9-18(13)24-25(5,6)19(2,3)4/h7-12H,1-6H3. The van der Waals surface area contributed by atoms with E-state index in [9.17, 15) is 14.5 Å². The number of rotatable bonds is 4. The van der Waals surface area contributed by atoms with E-state index in [0.717, 1.165) is 11.6 Å². The molecule has 2 rings (SSSR count). The Morgan fingerprint density at radius 1 is 1.12 bits per heavy atom. The lowest BCUT2D eigenvalue weighted by atomic mass is 9.99. The van der Waals surface area contributed by atoms with E-state index < -0.39 is 19.1 Å². The van der Waals surface area contributed by atoms with Gasteiger partial charge < -0.3 is 4.43 Å². The topological polar surface area (TPSA) is 52.4 Å². The third-order valence-corrected chi connectivity index (χ3v) is 9.25. The minimum atomic E-state index is -2.05. The van der Waals surface area contributed by atoms with Crippen molar-refractivity contribution < 1.29 is 13.7 Å². The summed E-state index contributed by atoms with van der Waals surface area (Å²) in [7, 11) is -2.05. The molecule has 0 N–H and O–H groups in total. The first-order valence-electron chi connectivity index (χ1n) is 8.17. The number of nitrogens with zero attached hydrogens (tertiary/aromatic N) is 1.